The molecule has 1 aliphatic rings. The summed E-state index contributed by atoms with van der Waals surface area (Å²) in [7, 11) is -2.28. The largest absolute Gasteiger partial charge is 0.495 e. The van der Waals surface area contributed by atoms with Gasteiger partial charge < -0.3 is 19.4 Å². The molecule has 1 amide bonds. The summed E-state index contributed by atoms with van der Waals surface area (Å²) >= 11 is 0. The number of carbonyl (C=O) groups excluding carboxylic acids is 1. The van der Waals surface area contributed by atoms with E-state index in [-0.39, 0.29) is 24.5 Å². The van der Waals surface area contributed by atoms with Crippen LogP contribution in [0.1, 0.15) is 5.56 Å². The molecular weight excluding hydrogens is 398 g/mol. The molecule has 156 valence electrons. The SMILES string of the molecule is COc1ccc(C)cc1NC(=O)Cn1cc(S(=O)(=O)N2CCOCC2)ccc1=O. The molecule has 2 heterocycles. The van der Waals surface area contributed by atoms with Crippen molar-refractivity contribution in [2.75, 3.05) is 38.7 Å². The van der Waals surface area contributed by atoms with Crippen LogP contribution >= 0.6 is 0 Å². The number of rotatable bonds is 6. The average Bonchev–Trinajstić information content (AvgIpc) is 2.70. The van der Waals surface area contributed by atoms with Crippen LogP contribution in [0.15, 0.2) is 46.2 Å². The first kappa shape index (κ1) is 21.0. The zero-order valence-corrected chi connectivity index (χ0v) is 17.1. The maximum absolute atomic E-state index is 12.8. The maximum atomic E-state index is 12.8. The number of ether oxygens (including phenoxy) is 2. The molecule has 0 unspecified atom stereocenters. The van der Waals surface area contributed by atoms with Crippen LogP contribution in [-0.2, 0) is 26.1 Å². The molecule has 1 N–H and O–H groups in total. The van der Waals surface area contributed by atoms with Crippen molar-refractivity contribution in [1.29, 1.82) is 0 Å². The van der Waals surface area contributed by atoms with Gasteiger partial charge in [-0.05, 0) is 30.7 Å². The van der Waals surface area contributed by atoms with Crippen LogP contribution in [0.5, 0.6) is 5.75 Å². The number of aromatic nitrogens is 1. The van der Waals surface area contributed by atoms with Crippen LogP contribution in [0.2, 0.25) is 0 Å². The summed E-state index contributed by atoms with van der Waals surface area (Å²) in [6, 6.07) is 7.73. The molecule has 1 aliphatic heterocycles. The molecule has 0 bridgehead atoms. The zero-order chi connectivity index (χ0) is 21.0. The maximum Gasteiger partial charge on any atom is 0.251 e. The summed E-state index contributed by atoms with van der Waals surface area (Å²) in [5.41, 5.74) is 0.928. The predicted molar refractivity (Wildman–Crippen MR) is 107 cm³/mol. The van der Waals surface area contributed by atoms with Gasteiger partial charge in [-0.3, -0.25) is 9.59 Å². The molecule has 2 aromatic rings. The van der Waals surface area contributed by atoms with E-state index in [4.69, 9.17) is 9.47 Å². The van der Waals surface area contributed by atoms with Crippen LogP contribution in [0.4, 0.5) is 5.69 Å². The summed E-state index contributed by atoms with van der Waals surface area (Å²) in [6.45, 7) is 2.67. The van der Waals surface area contributed by atoms with Crippen LogP contribution in [0, 0.1) is 6.92 Å². The Bertz CT molecular complexity index is 1060. The van der Waals surface area contributed by atoms with Crippen molar-refractivity contribution in [2.24, 2.45) is 0 Å². The predicted octanol–water partition coefficient (Wildman–Crippen LogP) is 0.825. The number of anilines is 1. The highest BCUT2D eigenvalue weighted by Gasteiger charge is 2.27. The second kappa shape index (κ2) is 8.76. The van der Waals surface area contributed by atoms with E-state index in [2.05, 4.69) is 5.32 Å². The van der Waals surface area contributed by atoms with E-state index in [1.165, 1.54) is 23.7 Å². The lowest BCUT2D eigenvalue weighted by Gasteiger charge is -2.26. The molecule has 1 saturated heterocycles. The highest BCUT2D eigenvalue weighted by Crippen LogP contribution is 2.25. The number of nitrogens with zero attached hydrogens (tertiary/aromatic N) is 2. The highest BCUT2D eigenvalue weighted by molar-refractivity contribution is 7.89. The third-order valence-electron chi connectivity index (χ3n) is 4.51. The van der Waals surface area contributed by atoms with Gasteiger partial charge in [0.15, 0.2) is 0 Å². The van der Waals surface area contributed by atoms with E-state index in [1.807, 2.05) is 13.0 Å². The Kier molecular flexibility index (Phi) is 6.36. The van der Waals surface area contributed by atoms with E-state index in [0.717, 1.165) is 16.2 Å². The van der Waals surface area contributed by atoms with Crippen molar-refractivity contribution in [1.82, 2.24) is 8.87 Å². The van der Waals surface area contributed by atoms with E-state index < -0.39 is 21.5 Å². The Balaban J connectivity index is 1.81. The van der Waals surface area contributed by atoms with Gasteiger partial charge in [-0.1, -0.05) is 6.07 Å². The molecule has 1 aromatic heterocycles. The Morgan fingerprint density at radius 1 is 1.21 bits per heavy atom. The van der Waals surface area contributed by atoms with Gasteiger partial charge in [0.1, 0.15) is 12.3 Å². The molecule has 1 aromatic carbocycles. The van der Waals surface area contributed by atoms with Crippen molar-refractivity contribution < 1.29 is 22.7 Å². The second-order valence-electron chi connectivity index (χ2n) is 6.60. The van der Waals surface area contributed by atoms with Gasteiger partial charge in [-0.2, -0.15) is 4.31 Å². The van der Waals surface area contributed by atoms with Gasteiger partial charge in [0, 0.05) is 25.4 Å². The first-order valence-electron chi connectivity index (χ1n) is 9.04. The number of benzene rings is 1. The fourth-order valence-electron chi connectivity index (χ4n) is 2.99. The minimum Gasteiger partial charge on any atom is -0.495 e. The van der Waals surface area contributed by atoms with Gasteiger partial charge in [0.05, 0.1) is 30.9 Å². The number of nitrogens with one attached hydrogen (secondary N) is 1. The smallest absolute Gasteiger partial charge is 0.251 e. The van der Waals surface area contributed by atoms with Crippen LogP contribution < -0.4 is 15.6 Å². The molecule has 1 fully saturated rings. The lowest BCUT2D eigenvalue weighted by molar-refractivity contribution is -0.116. The van der Waals surface area contributed by atoms with Crippen LogP contribution in [-0.4, -0.2) is 56.6 Å². The average molecular weight is 421 g/mol. The molecule has 3 rings (SSSR count). The summed E-state index contributed by atoms with van der Waals surface area (Å²) in [5, 5.41) is 2.70. The lowest BCUT2D eigenvalue weighted by atomic mass is 10.2. The fraction of sp³-hybridized carbons (Fsp3) is 0.368. The Labute approximate surface area is 168 Å². The number of amides is 1. The first-order valence-corrected chi connectivity index (χ1v) is 10.5. The Hall–Kier alpha value is -2.69. The minimum atomic E-state index is -3.77. The number of methoxy groups -OCH3 is 1. The normalized spacial score (nSPS) is 15.1. The molecule has 0 spiro atoms. The summed E-state index contributed by atoms with van der Waals surface area (Å²) in [5.74, 6) is 0.0110. The van der Waals surface area contributed by atoms with E-state index in [0.29, 0.717) is 24.7 Å². The second-order valence-corrected chi connectivity index (χ2v) is 8.54. The van der Waals surface area contributed by atoms with E-state index in [1.54, 1.807) is 12.1 Å². The number of hydrogen-bond donors (Lipinski definition) is 1. The minimum absolute atomic E-state index is 0.0417. The van der Waals surface area contributed by atoms with Crippen LogP contribution in [0.3, 0.4) is 0 Å². The lowest BCUT2D eigenvalue weighted by Crippen LogP contribution is -2.41. The van der Waals surface area contributed by atoms with Crippen molar-refractivity contribution in [2.45, 2.75) is 18.4 Å². The van der Waals surface area contributed by atoms with Crippen molar-refractivity contribution in [3.8, 4) is 5.75 Å². The van der Waals surface area contributed by atoms with Gasteiger partial charge in [0.2, 0.25) is 15.9 Å². The first-order chi connectivity index (χ1) is 13.8. The third-order valence-corrected chi connectivity index (χ3v) is 6.39. The summed E-state index contributed by atoms with van der Waals surface area (Å²) in [6.07, 6.45) is 1.19. The number of carbonyl (C=O) groups is 1. The Morgan fingerprint density at radius 2 is 1.93 bits per heavy atom. The van der Waals surface area contributed by atoms with Gasteiger partial charge in [0.25, 0.3) is 5.56 Å². The topological polar surface area (TPSA) is 107 Å². The van der Waals surface area contributed by atoms with E-state index in [9.17, 15) is 18.0 Å². The van der Waals surface area contributed by atoms with Gasteiger partial charge >= 0.3 is 0 Å². The molecule has 0 radical (unpaired) electrons. The molecular formula is C19H23N3O6S. The monoisotopic (exact) mass is 421 g/mol. The van der Waals surface area contributed by atoms with Crippen molar-refractivity contribution in [3.63, 3.8) is 0 Å². The number of sulfonamides is 1. The van der Waals surface area contributed by atoms with Gasteiger partial charge in [-0.15, -0.1) is 0 Å². The van der Waals surface area contributed by atoms with Crippen LogP contribution in [0.25, 0.3) is 0 Å². The number of morpholine rings is 1. The third kappa shape index (κ3) is 4.84. The van der Waals surface area contributed by atoms with Crippen molar-refractivity contribution in [3.05, 3.63) is 52.4 Å². The molecule has 29 heavy (non-hydrogen) atoms. The molecule has 0 saturated carbocycles. The number of aryl methyl sites for hydroxylation is 1. The molecule has 9 nitrogen and oxygen atoms in total. The number of pyridine rings is 1. The van der Waals surface area contributed by atoms with Crippen molar-refractivity contribution >= 4 is 21.6 Å². The molecule has 10 heteroatoms. The van der Waals surface area contributed by atoms with E-state index >= 15 is 0 Å². The summed E-state index contributed by atoms with van der Waals surface area (Å²) in [4.78, 5) is 24.6. The van der Waals surface area contributed by atoms with Gasteiger partial charge in [-0.25, -0.2) is 8.42 Å². The zero-order valence-electron chi connectivity index (χ0n) is 16.3. The fourth-order valence-corrected chi connectivity index (χ4v) is 4.41. The Morgan fingerprint density at radius 3 is 2.62 bits per heavy atom. The summed E-state index contributed by atoms with van der Waals surface area (Å²) < 4.78 is 38.4. The number of hydrogen-bond acceptors (Lipinski definition) is 6. The highest BCUT2D eigenvalue weighted by atomic mass is 32.2. The molecule has 0 atom stereocenters. The quantitative estimate of drug-likeness (QED) is 0.740. The standard InChI is InChI=1S/C19H23N3O6S/c1-14-3-5-17(27-2)16(11-14)20-18(23)13-21-12-15(4-6-19(21)24)29(25,26)22-7-9-28-10-8-22/h3-6,11-12H,7-10,13H2,1-2H3,(H,20,23). The molecule has 0 aliphatic carbocycles.